The summed E-state index contributed by atoms with van der Waals surface area (Å²) < 4.78 is 10.3. The SMILES string of the molecule is CCOC(=O)C1(Nc2cccc(OC)c2)CCC1. The van der Waals surface area contributed by atoms with E-state index in [-0.39, 0.29) is 5.97 Å². The number of carbonyl (C=O) groups excluding carboxylic acids is 1. The number of rotatable bonds is 5. The van der Waals surface area contributed by atoms with Crippen molar-refractivity contribution in [3.63, 3.8) is 0 Å². The van der Waals surface area contributed by atoms with E-state index < -0.39 is 5.54 Å². The number of hydrogen-bond donors (Lipinski definition) is 1. The number of esters is 1. The molecule has 4 heteroatoms. The van der Waals surface area contributed by atoms with Crippen molar-refractivity contribution < 1.29 is 14.3 Å². The molecule has 2 rings (SSSR count). The summed E-state index contributed by atoms with van der Waals surface area (Å²) in [7, 11) is 1.63. The molecule has 1 aromatic rings. The largest absolute Gasteiger partial charge is 0.497 e. The summed E-state index contributed by atoms with van der Waals surface area (Å²) in [5.41, 5.74) is 0.352. The topological polar surface area (TPSA) is 47.6 Å². The van der Waals surface area contributed by atoms with E-state index in [1.165, 1.54) is 0 Å². The first-order chi connectivity index (χ1) is 8.70. The van der Waals surface area contributed by atoms with Crippen molar-refractivity contribution in [1.29, 1.82) is 0 Å². The number of anilines is 1. The van der Waals surface area contributed by atoms with Crippen molar-refractivity contribution in [2.24, 2.45) is 0 Å². The van der Waals surface area contributed by atoms with Gasteiger partial charge in [-0.2, -0.15) is 0 Å². The van der Waals surface area contributed by atoms with Crippen molar-refractivity contribution in [3.05, 3.63) is 24.3 Å². The second-order valence-electron chi connectivity index (χ2n) is 4.51. The Morgan fingerprint density at radius 2 is 2.22 bits per heavy atom. The molecule has 1 aliphatic rings. The third-order valence-corrected chi connectivity index (χ3v) is 3.33. The van der Waals surface area contributed by atoms with E-state index in [9.17, 15) is 4.79 Å². The molecule has 0 amide bonds. The molecule has 4 nitrogen and oxygen atoms in total. The van der Waals surface area contributed by atoms with Crippen LogP contribution in [0.4, 0.5) is 5.69 Å². The molecule has 0 heterocycles. The average Bonchev–Trinajstić information content (AvgIpc) is 2.34. The predicted molar refractivity (Wildman–Crippen MR) is 69.8 cm³/mol. The second kappa shape index (κ2) is 5.29. The van der Waals surface area contributed by atoms with Crippen LogP contribution in [-0.2, 0) is 9.53 Å². The minimum absolute atomic E-state index is 0.154. The fourth-order valence-electron chi connectivity index (χ4n) is 2.16. The van der Waals surface area contributed by atoms with E-state index >= 15 is 0 Å². The van der Waals surface area contributed by atoms with Gasteiger partial charge in [0, 0.05) is 11.8 Å². The van der Waals surface area contributed by atoms with Crippen LogP contribution in [0, 0.1) is 0 Å². The lowest BCUT2D eigenvalue weighted by Crippen LogP contribution is -2.53. The molecule has 1 fully saturated rings. The van der Waals surface area contributed by atoms with Gasteiger partial charge in [-0.3, -0.25) is 0 Å². The lowest BCUT2D eigenvalue weighted by Gasteiger charge is -2.40. The fraction of sp³-hybridized carbons (Fsp3) is 0.500. The smallest absolute Gasteiger partial charge is 0.331 e. The molecule has 1 aliphatic carbocycles. The predicted octanol–water partition coefficient (Wildman–Crippen LogP) is 2.59. The van der Waals surface area contributed by atoms with E-state index in [0.717, 1.165) is 30.7 Å². The van der Waals surface area contributed by atoms with Gasteiger partial charge in [0.05, 0.1) is 13.7 Å². The van der Waals surface area contributed by atoms with Crippen molar-refractivity contribution in [2.45, 2.75) is 31.7 Å². The van der Waals surface area contributed by atoms with Gasteiger partial charge in [0.25, 0.3) is 0 Å². The molecule has 0 atom stereocenters. The van der Waals surface area contributed by atoms with Gasteiger partial charge in [0.2, 0.25) is 0 Å². The number of methoxy groups -OCH3 is 1. The molecule has 98 valence electrons. The Labute approximate surface area is 107 Å². The van der Waals surface area contributed by atoms with E-state index in [4.69, 9.17) is 9.47 Å². The maximum absolute atomic E-state index is 12.0. The molecular weight excluding hydrogens is 230 g/mol. The van der Waals surface area contributed by atoms with Crippen LogP contribution < -0.4 is 10.1 Å². The maximum atomic E-state index is 12.0. The summed E-state index contributed by atoms with van der Waals surface area (Å²) in [6.07, 6.45) is 2.70. The normalized spacial score (nSPS) is 16.6. The number of nitrogens with one attached hydrogen (secondary N) is 1. The molecule has 0 bridgehead atoms. The average molecular weight is 249 g/mol. The molecule has 0 spiro atoms. The van der Waals surface area contributed by atoms with Crippen LogP contribution in [-0.4, -0.2) is 25.2 Å². The van der Waals surface area contributed by atoms with Crippen molar-refractivity contribution >= 4 is 11.7 Å². The summed E-state index contributed by atoms with van der Waals surface area (Å²) in [4.78, 5) is 12.0. The van der Waals surface area contributed by atoms with Crippen LogP contribution in [0.1, 0.15) is 26.2 Å². The molecular formula is C14H19NO3. The molecule has 0 saturated heterocycles. The lowest BCUT2D eigenvalue weighted by atomic mass is 9.76. The summed E-state index contributed by atoms with van der Waals surface area (Å²) in [5, 5.41) is 3.30. The Kier molecular flexibility index (Phi) is 3.75. The van der Waals surface area contributed by atoms with Crippen LogP contribution in [0.5, 0.6) is 5.75 Å². The van der Waals surface area contributed by atoms with Gasteiger partial charge >= 0.3 is 5.97 Å². The molecule has 1 N–H and O–H groups in total. The lowest BCUT2D eigenvalue weighted by molar-refractivity contribution is -0.151. The van der Waals surface area contributed by atoms with Gasteiger partial charge in [-0.15, -0.1) is 0 Å². The van der Waals surface area contributed by atoms with E-state index in [1.54, 1.807) is 7.11 Å². The first kappa shape index (κ1) is 12.7. The van der Waals surface area contributed by atoms with E-state index in [2.05, 4.69) is 5.32 Å². The quantitative estimate of drug-likeness (QED) is 0.815. The summed E-state index contributed by atoms with van der Waals surface area (Å²) in [6, 6.07) is 7.60. The number of benzene rings is 1. The Hall–Kier alpha value is -1.71. The highest BCUT2D eigenvalue weighted by atomic mass is 16.5. The van der Waals surface area contributed by atoms with Crippen molar-refractivity contribution in [3.8, 4) is 5.75 Å². The molecule has 18 heavy (non-hydrogen) atoms. The zero-order chi connectivity index (χ0) is 13.0. The van der Waals surface area contributed by atoms with Crippen LogP contribution in [0.2, 0.25) is 0 Å². The van der Waals surface area contributed by atoms with Gasteiger partial charge in [0.1, 0.15) is 11.3 Å². The summed E-state index contributed by atoms with van der Waals surface area (Å²) >= 11 is 0. The van der Waals surface area contributed by atoms with Crippen LogP contribution in [0.25, 0.3) is 0 Å². The third kappa shape index (κ3) is 2.42. The zero-order valence-electron chi connectivity index (χ0n) is 10.9. The highest BCUT2D eigenvalue weighted by Gasteiger charge is 2.45. The Bertz CT molecular complexity index is 427. The minimum atomic E-state index is -0.539. The standard InChI is InChI=1S/C14H19NO3/c1-3-18-13(16)14(8-5-9-14)15-11-6-4-7-12(10-11)17-2/h4,6-7,10,15H,3,5,8-9H2,1-2H3. The molecule has 0 unspecified atom stereocenters. The van der Waals surface area contributed by atoms with Gasteiger partial charge in [0.15, 0.2) is 0 Å². The molecule has 1 saturated carbocycles. The maximum Gasteiger partial charge on any atom is 0.331 e. The molecule has 1 aromatic carbocycles. The van der Waals surface area contributed by atoms with Gasteiger partial charge in [-0.1, -0.05) is 6.07 Å². The van der Waals surface area contributed by atoms with E-state index in [0.29, 0.717) is 6.61 Å². The monoisotopic (exact) mass is 249 g/mol. The first-order valence-electron chi connectivity index (χ1n) is 6.29. The highest BCUT2D eigenvalue weighted by molar-refractivity contribution is 5.85. The Morgan fingerprint density at radius 3 is 2.78 bits per heavy atom. The number of ether oxygens (including phenoxy) is 2. The highest BCUT2D eigenvalue weighted by Crippen LogP contribution is 2.37. The molecule has 0 aliphatic heterocycles. The third-order valence-electron chi connectivity index (χ3n) is 3.33. The Morgan fingerprint density at radius 1 is 1.44 bits per heavy atom. The minimum Gasteiger partial charge on any atom is -0.497 e. The van der Waals surface area contributed by atoms with Crippen LogP contribution in [0.15, 0.2) is 24.3 Å². The summed E-state index contributed by atoms with van der Waals surface area (Å²) in [5.74, 6) is 0.623. The second-order valence-corrected chi connectivity index (χ2v) is 4.51. The number of hydrogen-bond acceptors (Lipinski definition) is 4. The fourth-order valence-corrected chi connectivity index (χ4v) is 2.16. The first-order valence-corrected chi connectivity index (χ1v) is 6.29. The van der Waals surface area contributed by atoms with Crippen molar-refractivity contribution in [2.75, 3.05) is 19.0 Å². The van der Waals surface area contributed by atoms with Crippen molar-refractivity contribution in [1.82, 2.24) is 0 Å². The van der Waals surface area contributed by atoms with Crippen LogP contribution in [0.3, 0.4) is 0 Å². The number of carbonyl (C=O) groups is 1. The van der Waals surface area contributed by atoms with Gasteiger partial charge in [-0.05, 0) is 38.3 Å². The molecule has 0 radical (unpaired) electrons. The Balaban J connectivity index is 2.12. The zero-order valence-corrected chi connectivity index (χ0v) is 10.9. The van der Waals surface area contributed by atoms with Gasteiger partial charge in [-0.25, -0.2) is 4.79 Å². The van der Waals surface area contributed by atoms with E-state index in [1.807, 2.05) is 31.2 Å². The van der Waals surface area contributed by atoms with Crippen LogP contribution >= 0.6 is 0 Å². The summed E-state index contributed by atoms with van der Waals surface area (Å²) in [6.45, 7) is 2.25. The van der Waals surface area contributed by atoms with Gasteiger partial charge < -0.3 is 14.8 Å². The molecule has 0 aromatic heterocycles.